The first-order valence-electron chi connectivity index (χ1n) is 7.31. The molecule has 1 N–H and O–H groups in total. The Balaban J connectivity index is 2.02. The van der Waals surface area contributed by atoms with Gasteiger partial charge in [-0.1, -0.05) is 6.07 Å². The van der Waals surface area contributed by atoms with Crippen LogP contribution in [0.25, 0.3) is 0 Å². The summed E-state index contributed by atoms with van der Waals surface area (Å²) in [6.07, 6.45) is 1.56. The number of nitrogens with one attached hydrogen (secondary N) is 1. The van der Waals surface area contributed by atoms with Crippen LogP contribution >= 0.6 is 0 Å². The van der Waals surface area contributed by atoms with Crippen molar-refractivity contribution in [3.05, 3.63) is 41.6 Å². The average Bonchev–Trinajstić information content (AvgIpc) is 2.50. The third-order valence-electron chi connectivity index (χ3n) is 3.88. The van der Waals surface area contributed by atoms with Gasteiger partial charge >= 0.3 is 0 Å². The first-order chi connectivity index (χ1) is 10.9. The third-order valence-corrected chi connectivity index (χ3v) is 5.36. The van der Waals surface area contributed by atoms with E-state index in [1.807, 2.05) is 26.1 Å². The predicted molar refractivity (Wildman–Crippen MR) is 89.7 cm³/mol. The van der Waals surface area contributed by atoms with Gasteiger partial charge in [-0.3, -0.25) is 4.72 Å². The van der Waals surface area contributed by atoms with Crippen molar-refractivity contribution in [3.8, 4) is 5.75 Å². The summed E-state index contributed by atoms with van der Waals surface area (Å²) in [6.45, 7) is 4.91. The standard InChI is InChI=1S/C16H19N3O3S/c1-11-5-4-6-17-16(11)18-23(20,21)15-10-14-13(9-12(15)2)19(3)7-8-22-14/h4-6,9-10H,7-8H2,1-3H3,(H,17,18). The van der Waals surface area contributed by atoms with E-state index in [2.05, 4.69) is 14.6 Å². The highest BCUT2D eigenvalue weighted by Crippen LogP contribution is 2.35. The Hall–Kier alpha value is -2.28. The van der Waals surface area contributed by atoms with Crippen molar-refractivity contribution in [1.82, 2.24) is 4.98 Å². The van der Waals surface area contributed by atoms with Gasteiger partial charge in [-0.15, -0.1) is 0 Å². The van der Waals surface area contributed by atoms with Crippen molar-refractivity contribution in [1.29, 1.82) is 0 Å². The van der Waals surface area contributed by atoms with Crippen molar-refractivity contribution in [2.24, 2.45) is 0 Å². The summed E-state index contributed by atoms with van der Waals surface area (Å²) < 4.78 is 33.6. The Morgan fingerprint density at radius 3 is 2.78 bits per heavy atom. The fraction of sp³-hybridized carbons (Fsp3) is 0.312. The van der Waals surface area contributed by atoms with Crippen LogP contribution in [0.15, 0.2) is 35.4 Å². The number of benzene rings is 1. The molecule has 2 aromatic rings. The van der Waals surface area contributed by atoms with Gasteiger partial charge in [-0.25, -0.2) is 13.4 Å². The fourth-order valence-corrected chi connectivity index (χ4v) is 3.87. The van der Waals surface area contributed by atoms with Crippen molar-refractivity contribution in [2.45, 2.75) is 18.7 Å². The fourth-order valence-electron chi connectivity index (χ4n) is 2.55. The topological polar surface area (TPSA) is 71.5 Å². The molecule has 0 saturated heterocycles. The lowest BCUT2D eigenvalue weighted by atomic mass is 10.2. The SMILES string of the molecule is Cc1cc2c(cc1S(=O)(=O)Nc1ncccc1C)OCCN2C. The van der Waals surface area contributed by atoms with Crippen LogP contribution in [0.5, 0.6) is 5.75 Å². The number of likely N-dealkylation sites (N-methyl/N-ethyl adjacent to an activating group) is 1. The average molecular weight is 333 g/mol. The smallest absolute Gasteiger partial charge is 0.263 e. The van der Waals surface area contributed by atoms with Crippen molar-refractivity contribution >= 4 is 21.5 Å². The van der Waals surface area contributed by atoms with E-state index in [0.29, 0.717) is 23.7 Å². The quantitative estimate of drug-likeness (QED) is 0.933. The molecular weight excluding hydrogens is 314 g/mol. The summed E-state index contributed by atoms with van der Waals surface area (Å²) in [6, 6.07) is 7.00. The molecule has 6 nitrogen and oxygen atoms in total. The van der Waals surface area contributed by atoms with E-state index in [0.717, 1.165) is 17.8 Å². The number of hydrogen-bond donors (Lipinski definition) is 1. The van der Waals surface area contributed by atoms with Gasteiger partial charge in [-0.05, 0) is 37.1 Å². The van der Waals surface area contributed by atoms with Crippen molar-refractivity contribution in [2.75, 3.05) is 29.8 Å². The zero-order valence-electron chi connectivity index (χ0n) is 13.3. The molecule has 0 unspecified atom stereocenters. The van der Waals surface area contributed by atoms with Crippen LogP contribution < -0.4 is 14.4 Å². The summed E-state index contributed by atoms with van der Waals surface area (Å²) >= 11 is 0. The minimum atomic E-state index is -3.73. The molecule has 23 heavy (non-hydrogen) atoms. The number of anilines is 2. The van der Waals surface area contributed by atoms with Gasteiger partial charge in [0, 0.05) is 19.3 Å². The predicted octanol–water partition coefficient (Wildman–Crippen LogP) is 2.33. The third kappa shape index (κ3) is 2.96. The molecule has 1 aromatic heterocycles. The maximum Gasteiger partial charge on any atom is 0.263 e. The number of ether oxygens (including phenoxy) is 1. The summed E-state index contributed by atoms with van der Waals surface area (Å²) in [7, 11) is -1.77. The minimum absolute atomic E-state index is 0.205. The van der Waals surface area contributed by atoms with E-state index in [-0.39, 0.29) is 4.90 Å². The molecule has 3 rings (SSSR count). The van der Waals surface area contributed by atoms with Gasteiger partial charge in [-0.2, -0.15) is 0 Å². The lowest BCUT2D eigenvalue weighted by Crippen LogP contribution is -2.29. The zero-order valence-corrected chi connectivity index (χ0v) is 14.1. The summed E-state index contributed by atoms with van der Waals surface area (Å²) in [4.78, 5) is 6.35. The molecule has 122 valence electrons. The largest absolute Gasteiger partial charge is 0.490 e. The molecule has 0 aliphatic carbocycles. The van der Waals surface area contributed by atoms with Crippen LogP contribution in [0.3, 0.4) is 0 Å². The highest BCUT2D eigenvalue weighted by molar-refractivity contribution is 7.92. The van der Waals surface area contributed by atoms with Crippen molar-refractivity contribution < 1.29 is 13.2 Å². The molecule has 2 heterocycles. The summed E-state index contributed by atoms with van der Waals surface area (Å²) in [5, 5.41) is 0. The van der Waals surface area contributed by atoms with Gasteiger partial charge in [0.1, 0.15) is 18.2 Å². The number of pyridine rings is 1. The molecule has 7 heteroatoms. The first-order valence-corrected chi connectivity index (χ1v) is 8.80. The van der Waals surface area contributed by atoms with Gasteiger partial charge in [0.2, 0.25) is 0 Å². The second-order valence-electron chi connectivity index (χ2n) is 5.63. The molecule has 0 fully saturated rings. The molecule has 0 radical (unpaired) electrons. The maximum atomic E-state index is 12.7. The van der Waals surface area contributed by atoms with Crippen LogP contribution in [0.4, 0.5) is 11.5 Å². The molecule has 0 spiro atoms. The lowest BCUT2D eigenvalue weighted by molar-refractivity contribution is 0.310. The van der Waals surface area contributed by atoms with Gasteiger partial charge in [0.15, 0.2) is 0 Å². The van der Waals surface area contributed by atoms with E-state index < -0.39 is 10.0 Å². The summed E-state index contributed by atoms with van der Waals surface area (Å²) in [5.74, 6) is 0.921. The summed E-state index contributed by atoms with van der Waals surface area (Å²) in [5.41, 5.74) is 2.34. The van der Waals surface area contributed by atoms with E-state index in [1.165, 1.54) is 0 Å². The Labute approximate surface area is 136 Å². The molecule has 0 bridgehead atoms. The lowest BCUT2D eigenvalue weighted by Gasteiger charge is -2.28. The number of hydrogen-bond acceptors (Lipinski definition) is 5. The number of aromatic nitrogens is 1. The highest BCUT2D eigenvalue weighted by Gasteiger charge is 2.24. The molecule has 0 amide bonds. The van der Waals surface area contributed by atoms with Gasteiger partial charge < -0.3 is 9.64 Å². The monoisotopic (exact) mass is 333 g/mol. The maximum absolute atomic E-state index is 12.7. The Bertz CT molecular complexity index is 850. The Kier molecular flexibility index (Phi) is 3.89. The van der Waals surface area contributed by atoms with E-state index in [9.17, 15) is 8.42 Å². The molecule has 1 aromatic carbocycles. The second kappa shape index (κ2) is 5.73. The molecule has 1 aliphatic rings. The number of rotatable bonds is 3. The number of fused-ring (bicyclic) bond motifs is 1. The van der Waals surface area contributed by atoms with Crippen LogP contribution in [-0.4, -0.2) is 33.6 Å². The number of aryl methyl sites for hydroxylation is 2. The van der Waals surface area contributed by atoms with Gasteiger partial charge in [0.25, 0.3) is 10.0 Å². The Morgan fingerprint density at radius 2 is 2.04 bits per heavy atom. The van der Waals surface area contributed by atoms with Crippen LogP contribution in [0.2, 0.25) is 0 Å². The second-order valence-corrected chi connectivity index (χ2v) is 7.28. The van der Waals surface area contributed by atoms with Gasteiger partial charge in [0.05, 0.1) is 17.1 Å². The van der Waals surface area contributed by atoms with Crippen LogP contribution in [0, 0.1) is 13.8 Å². The van der Waals surface area contributed by atoms with E-state index >= 15 is 0 Å². The van der Waals surface area contributed by atoms with Crippen molar-refractivity contribution in [3.63, 3.8) is 0 Å². The van der Waals surface area contributed by atoms with E-state index in [1.54, 1.807) is 25.3 Å². The van der Waals surface area contributed by atoms with Crippen LogP contribution in [0.1, 0.15) is 11.1 Å². The molecule has 0 atom stereocenters. The highest BCUT2D eigenvalue weighted by atomic mass is 32.2. The van der Waals surface area contributed by atoms with Crippen LogP contribution in [-0.2, 0) is 10.0 Å². The zero-order chi connectivity index (χ0) is 16.6. The Morgan fingerprint density at radius 1 is 1.26 bits per heavy atom. The molecular formula is C16H19N3O3S. The van der Waals surface area contributed by atoms with E-state index in [4.69, 9.17) is 4.74 Å². The molecule has 0 saturated carbocycles. The molecule has 1 aliphatic heterocycles. The minimum Gasteiger partial charge on any atom is -0.490 e. The number of sulfonamides is 1. The normalized spacial score (nSPS) is 14.1. The number of nitrogens with zero attached hydrogens (tertiary/aromatic N) is 2. The first kappa shape index (κ1) is 15.6.